The predicted octanol–water partition coefficient (Wildman–Crippen LogP) is 2.62. The minimum atomic E-state index is -0.208. The first kappa shape index (κ1) is 10.1. The highest BCUT2D eigenvalue weighted by Gasteiger charge is 1.76. The molecular formula is C4H4Br2N2OS. The molecule has 6 heteroatoms. The summed E-state index contributed by atoms with van der Waals surface area (Å²) in [7, 11) is 0. The van der Waals surface area contributed by atoms with Crippen molar-refractivity contribution in [3.8, 4) is 0 Å². The molecule has 56 valence electrons. The van der Waals surface area contributed by atoms with Gasteiger partial charge in [0.15, 0.2) is 0 Å². The summed E-state index contributed by atoms with van der Waals surface area (Å²) < 4.78 is -0.208. The van der Waals surface area contributed by atoms with E-state index in [0.717, 1.165) is 0 Å². The largest absolute Gasteiger partial charge is 0.383 e. The maximum Gasteiger partial charge on any atom is 0.262 e. The van der Waals surface area contributed by atoms with Crippen LogP contribution in [0.5, 0.6) is 0 Å². The molecule has 0 spiro atoms. The van der Waals surface area contributed by atoms with Crippen LogP contribution in [0.1, 0.15) is 0 Å². The summed E-state index contributed by atoms with van der Waals surface area (Å²) >= 11 is 6.60. The van der Waals surface area contributed by atoms with Gasteiger partial charge in [0.2, 0.25) is 0 Å². The number of nitrogens with two attached hydrogens (primary N) is 1. The summed E-state index contributed by atoms with van der Waals surface area (Å²) in [6.45, 7) is 0. The van der Waals surface area contributed by atoms with Crippen molar-refractivity contribution >= 4 is 52.6 Å². The van der Waals surface area contributed by atoms with Crippen LogP contribution in [0.25, 0.3) is 0 Å². The molecule has 1 aromatic heterocycles. The SMILES string of the molecule is Nc1cscn1.O=C(Br)Br. The fourth-order valence-corrected chi connectivity index (χ4v) is 0.666. The third-order valence-corrected chi connectivity index (χ3v) is 1.06. The van der Waals surface area contributed by atoms with Crippen LogP contribution in [-0.2, 0) is 0 Å². The van der Waals surface area contributed by atoms with Crippen molar-refractivity contribution in [3.05, 3.63) is 10.9 Å². The van der Waals surface area contributed by atoms with Gasteiger partial charge in [-0.25, -0.2) is 4.98 Å². The van der Waals surface area contributed by atoms with Crippen LogP contribution in [0, 0.1) is 0 Å². The molecule has 2 N–H and O–H groups in total. The molecule has 0 bridgehead atoms. The average Bonchev–Trinajstić information content (AvgIpc) is 2.15. The zero-order chi connectivity index (χ0) is 7.98. The van der Waals surface area contributed by atoms with Crippen molar-refractivity contribution in [2.45, 2.75) is 0 Å². The number of rotatable bonds is 0. The fourth-order valence-electron chi connectivity index (χ4n) is 0.222. The van der Waals surface area contributed by atoms with E-state index in [0.29, 0.717) is 5.82 Å². The molecule has 0 unspecified atom stereocenters. The Morgan fingerprint density at radius 2 is 2.20 bits per heavy atom. The molecule has 3 nitrogen and oxygen atoms in total. The molecule has 0 radical (unpaired) electrons. The smallest absolute Gasteiger partial charge is 0.262 e. The van der Waals surface area contributed by atoms with Crippen molar-refractivity contribution in [2.75, 3.05) is 5.73 Å². The number of carbonyl (C=O) groups is 1. The number of thiazole rings is 1. The monoisotopic (exact) mass is 286 g/mol. The maximum absolute atomic E-state index is 9.28. The minimum Gasteiger partial charge on any atom is -0.383 e. The van der Waals surface area contributed by atoms with Crippen LogP contribution in [0.4, 0.5) is 10.6 Å². The van der Waals surface area contributed by atoms with E-state index in [9.17, 15) is 4.79 Å². The van der Waals surface area contributed by atoms with Crippen LogP contribution >= 0.6 is 43.2 Å². The van der Waals surface area contributed by atoms with Crippen molar-refractivity contribution in [1.29, 1.82) is 0 Å². The highest BCUT2D eigenvalue weighted by atomic mass is 79.9. The summed E-state index contributed by atoms with van der Waals surface area (Å²) in [4.78, 5) is 13.0. The van der Waals surface area contributed by atoms with Crippen molar-refractivity contribution < 1.29 is 4.79 Å². The Bertz CT molecular complexity index is 185. The van der Waals surface area contributed by atoms with E-state index >= 15 is 0 Å². The molecule has 0 fully saturated rings. The Balaban J connectivity index is 0.000000180. The first-order valence-corrected chi connectivity index (χ1v) is 4.64. The number of nitrogen functional groups attached to an aromatic ring is 1. The van der Waals surface area contributed by atoms with Gasteiger partial charge in [0.1, 0.15) is 5.82 Å². The second-order valence-corrected chi connectivity index (χ2v) is 4.36. The van der Waals surface area contributed by atoms with Crippen LogP contribution in [0.3, 0.4) is 0 Å². The van der Waals surface area contributed by atoms with Gasteiger partial charge >= 0.3 is 0 Å². The van der Waals surface area contributed by atoms with Crippen molar-refractivity contribution in [2.24, 2.45) is 0 Å². The van der Waals surface area contributed by atoms with Crippen LogP contribution in [0.2, 0.25) is 0 Å². The molecule has 10 heavy (non-hydrogen) atoms. The Morgan fingerprint density at radius 1 is 1.70 bits per heavy atom. The van der Waals surface area contributed by atoms with Gasteiger partial charge in [-0.15, -0.1) is 11.3 Å². The molecular weight excluding hydrogens is 284 g/mol. The predicted molar refractivity (Wildman–Crippen MR) is 49.8 cm³/mol. The number of carbonyl (C=O) groups excluding carboxylic acids is 1. The van der Waals surface area contributed by atoms with E-state index in [4.69, 9.17) is 5.73 Å². The number of aromatic nitrogens is 1. The van der Waals surface area contributed by atoms with E-state index in [2.05, 4.69) is 36.8 Å². The van der Waals surface area contributed by atoms with E-state index in [1.54, 1.807) is 10.9 Å². The molecule has 1 aromatic rings. The van der Waals surface area contributed by atoms with E-state index < -0.39 is 0 Å². The lowest BCUT2D eigenvalue weighted by atomic mass is 10.9. The number of hydrogen-bond acceptors (Lipinski definition) is 4. The molecule has 0 saturated heterocycles. The molecule has 0 saturated carbocycles. The zero-order valence-electron chi connectivity index (χ0n) is 4.75. The lowest BCUT2D eigenvalue weighted by Gasteiger charge is -1.67. The van der Waals surface area contributed by atoms with Gasteiger partial charge < -0.3 is 5.73 Å². The minimum absolute atomic E-state index is 0.208. The van der Waals surface area contributed by atoms with Crippen LogP contribution in [0.15, 0.2) is 10.9 Å². The number of hydrogen-bond donors (Lipinski definition) is 1. The summed E-state index contributed by atoms with van der Waals surface area (Å²) in [6.07, 6.45) is 0. The lowest BCUT2D eigenvalue weighted by Crippen LogP contribution is -1.79. The molecule has 0 aliphatic carbocycles. The third-order valence-electron chi connectivity index (χ3n) is 0.451. The maximum atomic E-state index is 9.28. The van der Waals surface area contributed by atoms with E-state index in [1.807, 2.05) is 0 Å². The summed E-state index contributed by atoms with van der Waals surface area (Å²) in [5.74, 6) is 0.611. The molecule has 0 amide bonds. The van der Waals surface area contributed by atoms with Gasteiger partial charge in [-0.3, -0.25) is 4.79 Å². The van der Waals surface area contributed by atoms with E-state index in [1.165, 1.54) is 11.3 Å². The number of nitrogens with zero attached hydrogens (tertiary/aromatic N) is 1. The first-order valence-electron chi connectivity index (χ1n) is 2.11. The van der Waals surface area contributed by atoms with Crippen molar-refractivity contribution in [3.63, 3.8) is 0 Å². The second-order valence-electron chi connectivity index (χ2n) is 1.14. The molecule has 0 aromatic carbocycles. The first-order chi connectivity index (χ1) is 4.63. The summed E-state index contributed by atoms with van der Waals surface area (Å²) in [5, 5.41) is 1.79. The average molecular weight is 288 g/mol. The van der Waals surface area contributed by atoms with Crippen molar-refractivity contribution in [1.82, 2.24) is 4.98 Å². The molecule has 0 atom stereocenters. The number of anilines is 1. The molecule has 0 aliphatic rings. The van der Waals surface area contributed by atoms with Gasteiger partial charge in [0.25, 0.3) is 3.60 Å². The Hall–Kier alpha value is 0.0600. The standard InChI is InChI=1S/C3H4N2S.CBr2O/c4-3-1-6-2-5-3;2-1(3)4/h1-2H,4H2;. The molecule has 0 aliphatic heterocycles. The second kappa shape index (κ2) is 5.82. The van der Waals surface area contributed by atoms with Gasteiger partial charge in [-0.2, -0.15) is 0 Å². The normalized spacial score (nSPS) is 7.80. The topological polar surface area (TPSA) is 56.0 Å². The van der Waals surface area contributed by atoms with Gasteiger partial charge in [0, 0.05) is 37.2 Å². The lowest BCUT2D eigenvalue weighted by molar-refractivity contribution is 0.278. The van der Waals surface area contributed by atoms with Crippen LogP contribution in [-0.4, -0.2) is 8.59 Å². The Labute approximate surface area is 78.9 Å². The fraction of sp³-hybridized carbons (Fsp3) is 0. The molecule has 1 heterocycles. The quantitative estimate of drug-likeness (QED) is 0.746. The Morgan fingerprint density at radius 3 is 2.30 bits per heavy atom. The van der Waals surface area contributed by atoms with Gasteiger partial charge in [0.05, 0.1) is 5.51 Å². The van der Waals surface area contributed by atoms with E-state index in [-0.39, 0.29) is 3.60 Å². The van der Waals surface area contributed by atoms with Gasteiger partial charge in [-0.1, -0.05) is 0 Å². The van der Waals surface area contributed by atoms with Crippen LogP contribution < -0.4 is 5.73 Å². The zero-order valence-corrected chi connectivity index (χ0v) is 8.74. The third kappa shape index (κ3) is 8.06. The Kier molecular flexibility index (Phi) is 5.85. The van der Waals surface area contributed by atoms with Gasteiger partial charge in [-0.05, 0) is 0 Å². The highest BCUT2D eigenvalue weighted by molar-refractivity contribution is 9.39. The molecule has 1 rings (SSSR count). The highest BCUT2D eigenvalue weighted by Crippen LogP contribution is 1.99. The summed E-state index contributed by atoms with van der Waals surface area (Å²) in [5.41, 5.74) is 6.88. The summed E-state index contributed by atoms with van der Waals surface area (Å²) in [6, 6.07) is 0. The number of halogens is 2.